The molecule has 4 nitrogen and oxygen atoms in total. The van der Waals surface area contributed by atoms with Crippen LogP contribution in [-0.4, -0.2) is 24.0 Å². The van der Waals surface area contributed by atoms with Crippen molar-refractivity contribution in [2.24, 2.45) is 5.92 Å². The summed E-state index contributed by atoms with van der Waals surface area (Å²) < 4.78 is 5.36. The molecule has 1 aliphatic rings. The number of benzene rings is 2. The Hall–Kier alpha value is -2.33. The summed E-state index contributed by atoms with van der Waals surface area (Å²) in [6, 6.07) is 14.7. The third kappa shape index (κ3) is 4.69. The number of ether oxygens (including phenoxy) is 1. The summed E-state index contributed by atoms with van der Waals surface area (Å²) in [6.07, 6.45) is 1.11. The molecule has 0 bridgehead atoms. The minimum atomic E-state index is 0.0336. The van der Waals surface area contributed by atoms with Gasteiger partial charge in [0.2, 0.25) is 5.91 Å². The number of hydrogen-bond acceptors (Lipinski definition) is 3. The fourth-order valence-electron chi connectivity index (χ4n) is 3.59. The molecule has 1 N–H and O–H groups in total. The summed E-state index contributed by atoms with van der Waals surface area (Å²) >= 11 is 0. The van der Waals surface area contributed by atoms with E-state index in [9.17, 15) is 4.79 Å². The van der Waals surface area contributed by atoms with E-state index in [1.165, 1.54) is 11.1 Å². The number of nitrogens with zero attached hydrogens (tertiary/aromatic N) is 1. The number of amides is 1. The Morgan fingerprint density at radius 1 is 1.11 bits per heavy atom. The van der Waals surface area contributed by atoms with Crippen molar-refractivity contribution in [1.82, 2.24) is 4.90 Å². The Kier molecular flexibility index (Phi) is 6.17. The largest absolute Gasteiger partial charge is 0.496 e. The normalized spacial score (nSPS) is 14.9. The molecule has 2 aromatic rings. The highest BCUT2D eigenvalue weighted by atomic mass is 16.5. The monoisotopic (exact) mass is 366 g/mol. The van der Waals surface area contributed by atoms with Crippen LogP contribution in [0.3, 0.4) is 0 Å². The Labute approximate surface area is 162 Å². The van der Waals surface area contributed by atoms with Crippen LogP contribution in [0.4, 0.5) is 5.69 Å². The lowest BCUT2D eigenvalue weighted by molar-refractivity contribution is -0.116. The maximum Gasteiger partial charge on any atom is 0.224 e. The van der Waals surface area contributed by atoms with Crippen LogP contribution in [-0.2, 0) is 24.3 Å². The number of hydrogen-bond donors (Lipinski definition) is 1. The summed E-state index contributed by atoms with van der Waals surface area (Å²) in [5.74, 6) is 1.50. The van der Waals surface area contributed by atoms with Crippen molar-refractivity contribution in [2.45, 2.75) is 52.7 Å². The van der Waals surface area contributed by atoms with Gasteiger partial charge in [-0.1, -0.05) is 38.1 Å². The van der Waals surface area contributed by atoms with Gasteiger partial charge in [0.15, 0.2) is 0 Å². The zero-order valence-corrected chi connectivity index (χ0v) is 16.8. The van der Waals surface area contributed by atoms with Gasteiger partial charge in [0, 0.05) is 31.2 Å². The first-order valence-electron chi connectivity index (χ1n) is 9.75. The van der Waals surface area contributed by atoms with Gasteiger partial charge in [-0.2, -0.15) is 0 Å². The van der Waals surface area contributed by atoms with E-state index in [1.54, 1.807) is 7.11 Å². The van der Waals surface area contributed by atoms with E-state index < -0.39 is 0 Å². The van der Waals surface area contributed by atoms with Gasteiger partial charge in [0.25, 0.3) is 0 Å². The minimum absolute atomic E-state index is 0.0336. The molecule has 0 aliphatic carbocycles. The van der Waals surface area contributed by atoms with Crippen LogP contribution in [0, 0.1) is 5.92 Å². The second-order valence-electron chi connectivity index (χ2n) is 7.73. The fourth-order valence-corrected chi connectivity index (χ4v) is 3.59. The zero-order chi connectivity index (χ0) is 19.4. The standard InChI is InChI=1S/C23H30N2O2/c1-16(2)17(3)25-14-19-9-11-21(13-20(19)15-25)24-23(26)12-10-18-7-5-6-8-22(18)27-4/h5-9,11,13,16-17H,10,12,14-15H2,1-4H3,(H,24,26)/t17-/m0/s1. The van der Waals surface area contributed by atoms with Crippen molar-refractivity contribution in [2.75, 3.05) is 12.4 Å². The molecule has 1 heterocycles. The molecule has 2 aromatic carbocycles. The van der Waals surface area contributed by atoms with E-state index in [4.69, 9.17) is 4.74 Å². The van der Waals surface area contributed by atoms with E-state index in [2.05, 4.69) is 43.1 Å². The predicted molar refractivity (Wildman–Crippen MR) is 110 cm³/mol. The quantitative estimate of drug-likeness (QED) is 0.777. The molecule has 0 radical (unpaired) electrons. The van der Waals surface area contributed by atoms with Gasteiger partial charge >= 0.3 is 0 Å². The summed E-state index contributed by atoms with van der Waals surface area (Å²) in [5, 5.41) is 3.05. The van der Waals surface area contributed by atoms with Crippen molar-refractivity contribution < 1.29 is 9.53 Å². The number of rotatable bonds is 7. The van der Waals surface area contributed by atoms with Gasteiger partial charge in [-0.3, -0.25) is 9.69 Å². The molecule has 0 saturated heterocycles. The summed E-state index contributed by atoms with van der Waals surface area (Å²) in [7, 11) is 1.66. The van der Waals surface area contributed by atoms with Crippen molar-refractivity contribution in [3.8, 4) is 5.75 Å². The van der Waals surface area contributed by atoms with E-state index in [1.807, 2.05) is 30.3 Å². The van der Waals surface area contributed by atoms with Gasteiger partial charge in [-0.15, -0.1) is 0 Å². The number of carbonyl (C=O) groups excluding carboxylic acids is 1. The van der Waals surface area contributed by atoms with Crippen LogP contribution in [0.25, 0.3) is 0 Å². The number of anilines is 1. The van der Waals surface area contributed by atoms with Crippen molar-refractivity contribution >= 4 is 11.6 Å². The van der Waals surface area contributed by atoms with Crippen molar-refractivity contribution in [1.29, 1.82) is 0 Å². The molecular weight excluding hydrogens is 336 g/mol. The van der Waals surface area contributed by atoms with E-state index in [-0.39, 0.29) is 5.91 Å². The van der Waals surface area contributed by atoms with Crippen molar-refractivity contribution in [3.63, 3.8) is 0 Å². The first kappa shape index (κ1) is 19.4. The molecule has 0 spiro atoms. The third-order valence-corrected chi connectivity index (χ3v) is 5.59. The fraction of sp³-hybridized carbons (Fsp3) is 0.435. The molecule has 0 aromatic heterocycles. The molecule has 0 fully saturated rings. The van der Waals surface area contributed by atoms with Crippen LogP contribution in [0.2, 0.25) is 0 Å². The first-order valence-corrected chi connectivity index (χ1v) is 9.75. The maximum absolute atomic E-state index is 12.4. The topological polar surface area (TPSA) is 41.6 Å². The SMILES string of the molecule is COc1ccccc1CCC(=O)Nc1ccc2c(c1)CN([C@@H](C)C(C)C)C2. The van der Waals surface area contributed by atoms with Gasteiger partial charge < -0.3 is 10.1 Å². The number of aryl methyl sites for hydroxylation is 1. The Bertz CT molecular complexity index is 801. The number of carbonyl (C=O) groups is 1. The van der Waals surface area contributed by atoms with Gasteiger partial charge in [0.05, 0.1) is 7.11 Å². The minimum Gasteiger partial charge on any atom is -0.496 e. The van der Waals surface area contributed by atoms with Gasteiger partial charge in [-0.05, 0) is 54.2 Å². The average molecular weight is 367 g/mol. The third-order valence-electron chi connectivity index (χ3n) is 5.59. The average Bonchev–Trinajstić information content (AvgIpc) is 3.09. The Balaban J connectivity index is 1.58. The lowest BCUT2D eigenvalue weighted by Crippen LogP contribution is -2.32. The van der Waals surface area contributed by atoms with Gasteiger partial charge in [0.1, 0.15) is 5.75 Å². The Morgan fingerprint density at radius 2 is 1.85 bits per heavy atom. The molecule has 4 heteroatoms. The predicted octanol–water partition coefficient (Wildman–Crippen LogP) is 4.63. The smallest absolute Gasteiger partial charge is 0.224 e. The maximum atomic E-state index is 12.4. The lowest BCUT2D eigenvalue weighted by Gasteiger charge is -2.26. The summed E-state index contributed by atoms with van der Waals surface area (Å²) in [5.41, 5.74) is 4.64. The summed E-state index contributed by atoms with van der Waals surface area (Å²) in [6.45, 7) is 8.77. The first-order chi connectivity index (χ1) is 13.0. The van der Waals surface area contributed by atoms with Crippen LogP contribution in [0.1, 0.15) is 43.9 Å². The van der Waals surface area contributed by atoms with Gasteiger partial charge in [-0.25, -0.2) is 0 Å². The van der Waals surface area contributed by atoms with Crippen LogP contribution in [0.5, 0.6) is 5.75 Å². The molecule has 0 unspecified atom stereocenters. The molecule has 1 aliphatic heterocycles. The zero-order valence-electron chi connectivity index (χ0n) is 16.8. The van der Waals surface area contributed by atoms with Crippen molar-refractivity contribution in [3.05, 3.63) is 59.2 Å². The molecule has 3 rings (SSSR count). The van der Waals surface area contributed by atoms with E-state index in [0.717, 1.165) is 30.1 Å². The molecule has 27 heavy (non-hydrogen) atoms. The number of nitrogens with one attached hydrogen (secondary N) is 1. The highest BCUT2D eigenvalue weighted by molar-refractivity contribution is 5.91. The summed E-state index contributed by atoms with van der Waals surface area (Å²) in [4.78, 5) is 14.9. The Morgan fingerprint density at radius 3 is 2.59 bits per heavy atom. The molecule has 144 valence electrons. The highest BCUT2D eigenvalue weighted by Crippen LogP contribution is 2.29. The number of para-hydroxylation sites is 1. The molecule has 1 amide bonds. The second kappa shape index (κ2) is 8.57. The molecular formula is C23H30N2O2. The molecule has 0 saturated carbocycles. The van der Waals surface area contributed by atoms with E-state index >= 15 is 0 Å². The van der Waals surface area contributed by atoms with Crippen LogP contribution < -0.4 is 10.1 Å². The van der Waals surface area contributed by atoms with Crippen LogP contribution in [0.15, 0.2) is 42.5 Å². The van der Waals surface area contributed by atoms with Crippen LogP contribution >= 0.6 is 0 Å². The second-order valence-corrected chi connectivity index (χ2v) is 7.73. The lowest BCUT2D eigenvalue weighted by atomic mass is 10.1. The number of fused-ring (bicyclic) bond motifs is 1. The number of methoxy groups -OCH3 is 1. The molecule has 1 atom stereocenters. The highest BCUT2D eigenvalue weighted by Gasteiger charge is 2.25. The van der Waals surface area contributed by atoms with E-state index in [0.29, 0.717) is 24.8 Å².